The summed E-state index contributed by atoms with van der Waals surface area (Å²) in [5.74, 6) is 0.383. The van der Waals surface area contributed by atoms with Crippen LogP contribution in [0.15, 0.2) is 35.5 Å². The molecule has 1 aromatic carbocycles. The van der Waals surface area contributed by atoms with Gasteiger partial charge < -0.3 is 21.1 Å². The van der Waals surface area contributed by atoms with Gasteiger partial charge in [0.1, 0.15) is 5.75 Å². The Morgan fingerprint density at radius 3 is 2.63 bits per heavy atom. The Balaban J connectivity index is 0.00000364. The number of aromatic nitrogens is 1. The number of thiazole rings is 1. The third kappa shape index (κ3) is 8.12. The van der Waals surface area contributed by atoms with Crippen molar-refractivity contribution in [1.29, 1.82) is 0 Å². The van der Waals surface area contributed by atoms with Crippen molar-refractivity contribution in [3.05, 3.63) is 45.9 Å². The van der Waals surface area contributed by atoms with Crippen LogP contribution in [0.5, 0.6) is 5.75 Å². The highest BCUT2D eigenvalue weighted by Gasteiger charge is 2.09. The number of nitrogens with zero attached hydrogens (tertiary/aromatic N) is 2. The van der Waals surface area contributed by atoms with Crippen molar-refractivity contribution in [3.63, 3.8) is 0 Å². The predicted octanol–water partition coefficient (Wildman–Crippen LogP) is 2.30. The number of rotatable bonds is 8. The number of carbonyl (C=O) groups excluding carboxylic acids is 1. The van der Waals surface area contributed by atoms with E-state index in [0.29, 0.717) is 25.6 Å². The van der Waals surface area contributed by atoms with Crippen molar-refractivity contribution in [3.8, 4) is 5.75 Å². The number of nitrogens with one attached hydrogen (secondary N) is 3. The number of hydrogen-bond acceptors (Lipinski definition) is 5. The molecular weight excluding hydrogens is 477 g/mol. The molecule has 148 valence electrons. The Labute approximate surface area is 180 Å². The van der Waals surface area contributed by atoms with E-state index in [1.54, 1.807) is 29.5 Å². The number of aromatic hydroxyl groups is 1. The number of phenols is 1. The Hall–Kier alpha value is -1.88. The van der Waals surface area contributed by atoms with Crippen LogP contribution in [0.3, 0.4) is 0 Å². The lowest BCUT2D eigenvalue weighted by Crippen LogP contribution is -2.41. The van der Waals surface area contributed by atoms with Crippen LogP contribution < -0.4 is 16.0 Å². The minimum absolute atomic E-state index is 0. The smallest absolute Gasteiger partial charge is 0.255 e. The molecule has 0 spiro atoms. The Morgan fingerprint density at radius 1 is 1.22 bits per heavy atom. The van der Waals surface area contributed by atoms with Crippen LogP contribution in [0, 0.1) is 6.92 Å². The van der Waals surface area contributed by atoms with E-state index in [1.807, 2.05) is 20.0 Å². The highest BCUT2D eigenvalue weighted by molar-refractivity contribution is 14.0. The van der Waals surface area contributed by atoms with E-state index in [0.717, 1.165) is 18.0 Å². The minimum Gasteiger partial charge on any atom is -0.507 e. The maximum Gasteiger partial charge on any atom is 0.255 e. The fraction of sp³-hybridized carbons (Fsp3) is 0.389. The summed E-state index contributed by atoms with van der Waals surface area (Å²) in [7, 11) is 0. The molecule has 0 aliphatic carbocycles. The van der Waals surface area contributed by atoms with Crippen molar-refractivity contribution >= 4 is 47.2 Å². The SMILES string of the molecule is CCNC(=NCCc1ncc(C)s1)NCCNC(=O)c1ccccc1O.I. The molecule has 0 unspecified atom stereocenters. The van der Waals surface area contributed by atoms with Crippen LogP contribution in [0.1, 0.15) is 27.2 Å². The highest BCUT2D eigenvalue weighted by atomic mass is 127. The highest BCUT2D eigenvalue weighted by Crippen LogP contribution is 2.14. The average Bonchev–Trinajstić information content (AvgIpc) is 3.04. The third-order valence-corrected chi connectivity index (χ3v) is 4.43. The Morgan fingerprint density at radius 2 is 1.96 bits per heavy atom. The van der Waals surface area contributed by atoms with Crippen LogP contribution in [0.2, 0.25) is 0 Å². The van der Waals surface area contributed by atoms with E-state index in [1.165, 1.54) is 10.9 Å². The van der Waals surface area contributed by atoms with E-state index < -0.39 is 0 Å². The lowest BCUT2D eigenvalue weighted by atomic mass is 10.2. The number of carbonyl (C=O) groups is 1. The topological polar surface area (TPSA) is 98.6 Å². The molecule has 4 N–H and O–H groups in total. The molecule has 2 aromatic rings. The molecule has 0 saturated carbocycles. The largest absolute Gasteiger partial charge is 0.507 e. The maximum absolute atomic E-state index is 12.0. The zero-order valence-corrected chi connectivity index (χ0v) is 18.6. The number of guanidine groups is 1. The first-order valence-electron chi connectivity index (χ1n) is 8.59. The van der Waals surface area contributed by atoms with Gasteiger partial charge in [0, 0.05) is 43.7 Å². The molecule has 1 heterocycles. The number of aryl methyl sites for hydroxylation is 1. The van der Waals surface area contributed by atoms with Crippen molar-refractivity contribution in [2.75, 3.05) is 26.2 Å². The summed E-state index contributed by atoms with van der Waals surface area (Å²) in [5, 5.41) is 19.9. The summed E-state index contributed by atoms with van der Waals surface area (Å²) in [6, 6.07) is 6.48. The fourth-order valence-corrected chi connectivity index (χ4v) is 3.02. The summed E-state index contributed by atoms with van der Waals surface area (Å²) in [6.45, 7) is 6.39. The van der Waals surface area contributed by atoms with E-state index in [9.17, 15) is 9.90 Å². The molecule has 0 aliphatic rings. The molecule has 9 heteroatoms. The Kier molecular flexibility index (Phi) is 10.7. The summed E-state index contributed by atoms with van der Waals surface area (Å²) < 4.78 is 0. The normalized spacial score (nSPS) is 10.8. The molecule has 2 rings (SSSR count). The van der Waals surface area contributed by atoms with Crippen LogP contribution in [-0.4, -0.2) is 48.1 Å². The van der Waals surface area contributed by atoms with Crippen LogP contribution in [0.25, 0.3) is 0 Å². The second kappa shape index (κ2) is 12.5. The van der Waals surface area contributed by atoms with E-state index in [-0.39, 0.29) is 41.2 Å². The van der Waals surface area contributed by atoms with Gasteiger partial charge in [-0.05, 0) is 26.0 Å². The second-order valence-electron chi connectivity index (χ2n) is 5.58. The van der Waals surface area contributed by atoms with E-state index in [4.69, 9.17) is 0 Å². The van der Waals surface area contributed by atoms with Gasteiger partial charge >= 0.3 is 0 Å². The quantitative estimate of drug-likeness (QED) is 0.192. The summed E-state index contributed by atoms with van der Waals surface area (Å²) in [6.07, 6.45) is 2.68. The van der Waals surface area contributed by atoms with Gasteiger partial charge in [-0.15, -0.1) is 35.3 Å². The van der Waals surface area contributed by atoms with Crippen molar-refractivity contribution in [2.45, 2.75) is 20.3 Å². The Bertz CT molecular complexity index is 751. The van der Waals surface area contributed by atoms with Crippen molar-refractivity contribution < 1.29 is 9.90 Å². The lowest BCUT2D eigenvalue weighted by molar-refractivity contribution is 0.0951. The number of phenolic OH excluding ortho intramolecular Hbond substituents is 1. The summed E-state index contributed by atoms with van der Waals surface area (Å²) >= 11 is 1.69. The van der Waals surface area contributed by atoms with Gasteiger partial charge in [0.2, 0.25) is 0 Å². The molecule has 0 atom stereocenters. The standard InChI is InChI=1S/C18H25N5O2S.HI/c1-3-19-18(21-9-8-16-23-12-13(2)26-16)22-11-10-20-17(25)14-6-4-5-7-15(14)24;/h4-7,12,24H,3,8-11H2,1-2H3,(H,20,25)(H2,19,21,22);1H. The first kappa shape index (κ1) is 23.2. The number of aliphatic imine (C=N–C) groups is 1. The number of benzene rings is 1. The van der Waals surface area contributed by atoms with Crippen LogP contribution >= 0.6 is 35.3 Å². The molecule has 27 heavy (non-hydrogen) atoms. The number of amides is 1. The molecule has 1 amide bonds. The van der Waals surface area contributed by atoms with Gasteiger partial charge in [0.05, 0.1) is 10.6 Å². The molecule has 0 aliphatic heterocycles. The van der Waals surface area contributed by atoms with Gasteiger partial charge in [0.25, 0.3) is 5.91 Å². The zero-order valence-electron chi connectivity index (χ0n) is 15.5. The van der Waals surface area contributed by atoms with Crippen LogP contribution in [-0.2, 0) is 6.42 Å². The number of hydrogen-bond donors (Lipinski definition) is 4. The second-order valence-corrected chi connectivity index (χ2v) is 6.89. The lowest BCUT2D eigenvalue weighted by Gasteiger charge is -2.12. The molecule has 0 radical (unpaired) electrons. The average molecular weight is 503 g/mol. The molecule has 0 fully saturated rings. The van der Waals surface area contributed by atoms with Gasteiger partial charge in [-0.25, -0.2) is 4.98 Å². The maximum atomic E-state index is 12.0. The molecule has 7 nitrogen and oxygen atoms in total. The molecule has 0 saturated heterocycles. The fourth-order valence-electron chi connectivity index (χ4n) is 2.24. The molecular formula is C18H26IN5O2S. The van der Waals surface area contributed by atoms with E-state index >= 15 is 0 Å². The van der Waals surface area contributed by atoms with E-state index in [2.05, 4.69) is 25.9 Å². The number of halogens is 1. The van der Waals surface area contributed by atoms with Gasteiger partial charge in [-0.3, -0.25) is 9.79 Å². The first-order valence-corrected chi connectivity index (χ1v) is 9.41. The van der Waals surface area contributed by atoms with Crippen LogP contribution in [0.4, 0.5) is 0 Å². The summed E-state index contributed by atoms with van der Waals surface area (Å²) in [4.78, 5) is 22.1. The zero-order chi connectivity index (χ0) is 18.8. The van der Waals surface area contributed by atoms with Crippen molar-refractivity contribution in [1.82, 2.24) is 20.9 Å². The van der Waals surface area contributed by atoms with Gasteiger partial charge in [0.15, 0.2) is 5.96 Å². The minimum atomic E-state index is -0.300. The number of para-hydroxylation sites is 1. The first-order chi connectivity index (χ1) is 12.6. The third-order valence-electron chi connectivity index (χ3n) is 3.46. The monoisotopic (exact) mass is 503 g/mol. The van der Waals surface area contributed by atoms with Gasteiger partial charge in [-0.2, -0.15) is 0 Å². The predicted molar refractivity (Wildman–Crippen MR) is 120 cm³/mol. The summed E-state index contributed by atoms with van der Waals surface area (Å²) in [5.41, 5.74) is 0.270. The van der Waals surface area contributed by atoms with Gasteiger partial charge in [-0.1, -0.05) is 12.1 Å². The molecule has 1 aromatic heterocycles. The van der Waals surface area contributed by atoms with Crippen molar-refractivity contribution in [2.24, 2.45) is 4.99 Å². The molecule has 0 bridgehead atoms.